The normalized spacial score (nSPS) is 13.3. The monoisotopic (exact) mass is 275 g/mol. The van der Waals surface area contributed by atoms with Gasteiger partial charge in [0.05, 0.1) is 35.5 Å². The zero-order chi connectivity index (χ0) is 13.8. The fourth-order valence-corrected chi connectivity index (χ4v) is 1.94. The van der Waals surface area contributed by atoms with Crippen LogP contribution >= 0.6 is 0 Å². The predicted molar refractivity (Wildman–Crippen MR) is 68.6 cm³/mol. The Bertz CT molecular complexity index is 504. The zero-order valence-electron chi connectivity index (χ0n) is 9.96. The first-order valence-corrected chi connectivity index (χ1v) is 6.71. The molecule has 0 amide bonds. The molecule has 0 heterocycles. The number of hydrogen-bond donors (Lipinski definition) is 4. The number of aliphatic hydroxyl groups excluding tert-OH is 1. The second kappa shape index (κ2) is 6.01. The summed E-state index contributed by atoms with van der Waals surface area (Å²) in [7, 11) is -2.29. The van der Waals surface area contributed by atoms with Crippen molar-refractivity contribution in [3.05, 3.63) is 18.2 Å². The van der Waals surface area contributed by atoms with Crippen molar-refractivity contribution in [2.24, 2.45) is 5.14 Å². The summed E-state index contributed by atoms with van der Waals surface area (Å²) < 4.78 is 27.3. The minimum Gasteiger partial charge on any atom is -0.397 e. The molecular formula is C10H17N3O4S. The van der Waals surface area contributed by atoms with Crippen LogP contribution in [0, 0.1) is 0 Å². The van der Waals surface area contributed by atoms with Gasteiger partial charge in [-0.15, -0.1) is 0 Å². The number of sulfonamides is 1. The molecule has 0 aliphatic carbocycles. The van der Waals surface area contributed by atoms with Crippen LogP contribution in [0.3, 0.4) is 0 Å². The molecule has 0 spiro atoms. The SMILES string of the molecule is COCC(CO)Nc1cc(S(N)(=O)=O)ccc1N. The third-order valence-corrected chi connectivity index (χ3v) is 3.21. The van der Waals surface area contributed by atoms with Gasteiger partial charge in [-0.2, -0.15) is 0 Å². The number of hydrogen-bond acceptors (Lipinski definition) is 6. The maximum absolute atomic E-state index is 11.2. The molecule has 1 unspecified atom stereocenters. The molecule has 0 saturated heterocycles. The maximum atomic E-state index is 11.2. The van der Waals surface area contributed by atoms with E-state index in [0.29, 0.717) is 11.4 Å². The number of anilines is 2. The van der Waals surface area contributed by atoms with Gasteiger partial charge in [0.15, 0.2) is 0 Å². The van der Waals surface area contributed by atoms with Crippen LogP contribution in [-0.2, 0) is 14.8 Å². The summed E-state index contributed by atoms with van der Waals surface area (Å²) >= 11 is 0. The van der Waals surface area contributed by atoms with Gasteiger partial charge >= 0.3 is 0 Å². The highest BCUT2D eigenvalue weighted by Crippen LogP contribution is 2.22. The van der Waals surface area contributed by atoms with Crippen molar-refractivity contribution in [3.8, 4) is 0 Å². The van der Waals surface area contributed by atoms with E-state index in [1.807, 2.05) is 0 Å². The van der Waals surface area contributed by atoms with Crippen LogP contribution in [0.15, 0.2) is 23.1 Å². The van der Waals surface area contributed by atoms with E-state index in [2.05, 4.69) is 5.32 Å². The highest BCUT2D eigenvalue weighted by molar-refractivity contribution is 7.89. The Morgan fingerprint density at radius 1 is 1.50 bits per heavy atom. The van der Waals surface area contributed by atoms with Crippen molar-refractivity contribution in [2.75, 3.05) is 31.4 Å². The summed E-state index contributed by atoms with van der Waals surface area (Å²) in [6.07, 6.45) is 0. The number of benzene rings is 1. The van der Waals surface area contributed by atoms with Crippen LogP contribution in [0.1, 0.15) is 0 Å². The molecule has 18 heavy (non-hydrogen) atoms. The van der Waals surface area contributed by atoms with Gasteiger partial charge in [-0.3, -0.25) is 0 Å². The smallest absolute Gasteiger partial charge is 0.238 e. The van der Waals surface area contributed by atoms with Gasteiger partial charge in [-0.25, -0.2) is 13.6 Å². The van der Waals surface area contributed by atoms with E-state index < -0.39 is 10.0 Å². The van der Waals surface area contributed by atoms with Crippen LogP contribution in [-0.4, -0.2) is 39.9 Å². The number of primary sulfonamides is 1. The Morgan fingerprint density at radius 3 is 2.67 bits per heavy atom. The third-order valence-electron chi connectivity index (χ3n) is 2.30. The van der Waals surface area contributed by atoms with Crippen LogP contribution in [0.25, 0.3) is 0 Å². The lowest BCUT2D eigenvalue weighted by molar-refractivity contribution is 0.153. The minimum atomic E-state index is -3.79. The Labute approximate surface area is 106 Å². The van der Waals surface area contributed by atoms with Gasteiger partial charge in [0.2, 0.25) is 10.0 Å². The summed E-state index contributed by atoms with van der Waals surface area (Å²) in [5, 5.41) is 17.0. The average molecular weight is 275 g/mol. The van der Waals surface area contributed by atoms with E-state index in [1.165, 1.54) is 25.3 Å². The third kappa shape index (κ3) is 3.84. The summed E-state index contributed by atoms with van der Waals surface area (Å²) in [6, 6.07) is 3.69. The van der Waals surface area contributed by atoms with Gasteiger partial charge in [0.25, 0.3) is 0 Å². The van der Waals surface area contributed by atoms with Crippen molar-refractivity contribution in [3.63, 3.8) is 0 Å². The molecule has 0 bridgehead atoms. The summed E-state index contributed by atoms with van der Waals surface area (Å²) in [5.41, 5.74) is 6.46. The summed E-state index contributed by atoms with van der Waals surface area (Å²) in [4.78, 5) is -0.0479. The van der Waals surface area contributed by atoms with Crippen molar-refractivity contribution < 1.29 is 18.3 Å². The maximum Gasteiger partial charge on any atom is 0.238 e. The lowest BCUT2D eigenvalue weighted by atomic mass is 10.2. The first-order chi connectivity index (χ1) is 8.38. The van der Waals surface area contributed by atoms with Gasteiger partial charge in [-0.05, 0) is 18.2 Å². The average Bonchev–Trinajstić information content (AvgIpc) is 2.29. The van der Waals surface area contributed by atoms with Gasteiger partial charge in [-0.1, -0.05) is 0 Å². The molecule has 1 atom stereocenters. The van der Waals surface area contributed by atoms with Crippen LogP contribution < -0.4 is 16.2 Å². The molecule has 1 aromatic carbocycles. The summed E-state index contributed by atoms with van der Waals surface area (Å²) in [5.74, 6) is 0. The Morgan fingerprint density at radius 2 is 2.17 bits per heavy atom. The van der Waals surface area contributed by atoms with Gasteiger partial charge in [0, 0.05) is 7.11 Å². The Kier molecular flexibility index (Phi) is 4.91. The van der Waals surface area contributed by atoms with Crippen LogP contribution in [0.2, 0.25) is 0 Å². The molecular weight excluding hydrogens is 258 g/mol. The molecule has 0 radical (unpaired) electrons. The molecule has 7 nitrogen and oxygen atoms in total. The van der Waals surface area contributed by atoms with Crippen molar-refractivity contribution >= 4 is 21.4 Å². The first kappa shape index (κ1) is 14.7. The van der Waals surface area contributed by atoms with Crippen molar-refractivity contribution in [1.29, 1.82) is 0 Å². The molecule has 0 aliphatic heterocycles. The number of nitrogens with one attached hydrogen (secondary N) is 1. The Balaban J connectivity index is 3.01. The molecule has 8 heteroatoms. The van der Waals surface area contributed by atoms with E-state index in [0.717, 1.165) is 0 Å². The van der Waals surface area contributed by atoms with E-state index >= 15 is 0 Å². The molecule has 0 saturated carbocycles. The molecule has 6 N–H and O–H groups in total. The fourth-order valence-electron chi connectivity index (χ4n) is 1.40. The fraction of sp³-hybridized carbons (Fsp3) is 0.400. The summed E-state index contributed by atoms with van der Waals surface area (Å²) in [6.45, 7) is 0.0857. The highest BCUT2D eigenvalue weighted by atomic mass is 32.2. The van der Waals surface area contributed by atoms with Crippen LogP contribution in [0.4, 0.5) is 11.4 Å². The van der Waals surface area contributed by atoms with E-state index in [1.54, 1.807) is 0 Å². The second-order valence-corrected chi connectivity index (χ2v) is 5.33. The molecule has 1 aromatic rings. The standard InChI is InChI=1S/C10H17N3O4S/c1-17-6-7(5-14)13-10-4-8(18(12,15)16)2-3-9(10)11/h2-4,7,13-14H,5-6,11H2,1H3,(H2,12,15,16). The van der Waals surface area contributed by atoms with E-state index in [9.17, 15) is 8.42 Å². The number of methoxy groups -OCH3 is 1. The highest BCUT2D eigenvalue weighted by Gasteiger charge is 2.13. The quantitative estimate of drug-likeness (QED) is 0.510. The lowest BCUT2D eigenvalue weighted by Gasteiger charge is -2.18. The van der Waals surface area contributed by atoms with Crippen LogP contribution in [0.5, 0.6) is 0 Å². The number of ether oxygens (including phenoxy) is 1. The predicted octanol–water partition coefficient (Wildman–Crippen LogP) is -0.665. The topological polar surface area (TPSA) is 128 Å². The van der Waals surface area contributed by atoms with E-state index in [-0.39, 0.29) is 24.2 Å². The number of nitrogen functional groups attached to an aromatic ring is 1. The first-order valence-electron chi connectivity index (χ1n) is 5.17. The molecule has 1 rings (SSSR count). The lowest BCUT2D eigenvalue weighted by Crippen LogP contribution is -2.29. The van der Waals surface area contributed by atoms with Gasteiger partial charge in [0.1, 0.15) is 0 Å². The number of aliphatic hydroxyl groups is 1. The zero-order valence-corrected chi connectivity index (χ0v) is 10.8. The number of rotatable bonds is 6. The molecule has 102 valence electrons. The van der Waals surface area contributed by atoms with Gasteiger partial charge < -0.3 is 20.9 Å². The largest absolute Gasteiger partial charge is 0.397 e. The number of nitrogens with two attached hydrogens (primary N) is 2. The van der Waals surface area contributed by atoms with Crippen molar-refractivity contribution in [1.82, 2.24) is 0 Å². The van der Waals surface area contributed by atoms with Crippen molar-refractivity contribution in [2.45, 2.75) is 10.9 Å². The molecule has 0 fully saturated rings. The molecule has 0 aromatic heterocycles. The molecule has 0 aliphatic rings. The van der Waals surface area contributed by atoms with E-state index in [4.69, 9.17) is 20.7 Å². The Hall–Kier alpha value is -1.35. The minimum absolute atomic E-state index is 0.0479. The second-order valence-electron chi connectivity index (χ2n) is 3.77.